The number of primary sulfonamides is 1. The maximum atomic E-state index is 11.7. The number of likely N-dealkylation sites (tertiary alicyclic amines) is 1. The summed E-state index contributed by atoms with van der Waals surface area (Å²) in [6.45, 7) is 2.03. The standard InChI is InChI=1S/C9H17N3O3S/c10-16(14,15)8-5-9(13)12(6-8)7-1-3-11-4-2-7/h7-8,11H,1-6H2,(H2,10,14,15). The molecule has 16 heavy (non-hydrogen) atoms. The summed E-state index contributed by atoms with van der Waals surface area (Å²) in [5.41, 5.74) is 0. The van der Waals surface area contributed by atoms with Crippen LogP contribution in [0.1, 0.15) is 19.3 Å². The topological polar surface area (TPSA) is 92.5 Å². The van der Waals surface area contributed by atoms with E-state index in [9.17, 15) is 13.2 Å². The molecule has 0 aromatic rings. The van der Waals surface area contributed by atoms with E-state index >= 15 is 0 Å². The Kier molecular flexibility index (Phi) is 3.18. The summed E-state index contributed by atoms with van der Waals surface area (Å²) in [6.07, 6.45) is 1.83. The zero-order valence-corrected chi connectivity index (χ0v) is 9.87. The molecule has 2 rings (SSSR count). The number of carbonyl (C=O) groups excluding carboxylic acids is 1. The van der Waals surface area contributed by atoms with Crippen molar-refractivity contribution in [1.82, 2.24) is 10.2 Å². The summed E-state index contributed by atoms with van der Waals surface area (Å²) >= 11 is 0. The summed E-state index contributed by atoms with van der Waals surface area (Å²) in [4.78, 5) is 13.4. The van der Waals surface area contributed by atoms with Crippen LogP contribution in [-0.4, -0.2) is 50.2 Å². The second-order valence-electron chi connectivity index (χ2n) is 4.44. The fourth-order valence-electron chi connectivity index (χ4n) is 2.39. The van der Waals surface area contributed by atoms with Gasteiger partial charge in [0.25, 0.3) is 0 Å². The van der Waals surface area contributed by atoms with Crippen molar-refractivity contribution in [2.24, 2.45) is 5.14 Å². The summed E-state index contributed by atoms with van der Waals surface area (Å²) in [5.74, 6) is -0.0778. The Labute approximate surface area is 95.2 Å². The van der Waals surface area contributed by atoms with Crippen molar-refractivity contribution in [1.29, 1.82) is 0 Å². The van der Waals surface area contributed by atoms with Crippen LogP contribution in [0.4, 0.5) is 0 Å². The van der Waals surface area contributed by atoms with Crippen LogP contribution in [0.25, 0.3) is 0 Å². The molecule has 1 atom stereocenters. The van der Waals surface area contributed by atoms with Crippen LogP contribution in [0, 0.1) is 0 Å². The Balaban J connectivity index is 2.04. The Morgan fingerprint density at radius 1 is 1.31 bits per heavy atom. The molecular weight excluding hydrogens is 230 g/mol. The lowest BCUT2D eigenvalue weighted by molar-refractivity contribution is -0.130. The average molecular weight is 247 g/mol. The van der Waals surface area contributed by atoms with Gasteiger partial charge in [0.2, 0.25) is 15.9 Å². The normalized spacial score (nSPS) is 28.7. The van der Waals surface area contributed by atoms with Crippen LogP contribution in [0.5, 0.6) is 0 Å². The molecule has 1 unspecified atom stereocenters. The lowest BCUT2D eigenvalue weighted by atomic mass is 10.1. The molecule has 2 aliphatic heterocycles. The van der Waals surface area contributed by atoms with E-state index in [0.29, 0.717) is 0 Å². The molecule has 2 saturated heterocycles. The predicted octanol–water partition coefficient (Wildman–Crippen LogP) is -1.37. The van der Waals surface area contributed by atoms with Gasteiger partial charge in [-0.25, -0.2) is 13.6 Å². The number of nitrogens with zero attached hydrogens (tertiary/aromatic N) is 1. The summed E-state index contributed by atoms with van der Waals surface area (Å²) in [5, 5.41) is 7.58. The van der Waals surface area contributed by atoms with E-state index in [1.165, 1.54) is 0 Å². The van der Waals surface area contributed by atoms with Crippen molar-refractivity contribution in [3.8, 4) is 0 Å². The number of nitrogens with two attached hydrogens (primary N) is 1. The van der Waals surface area contributed by atoms with Crippen molar-refractivity contribution < 1.29 is 13.2 Å². The molecule has 0 spiro atoms. The first kappa shape index (κ1) is 11.8. The Bertz CT molecular complexity index is 375. The molecule has 1 amide bonds. The first-order valence-electron chi connectivity index (χ1n) is 5.50. The molecule has 0 aliphatic carbocycles. The SMILES string of the molecule is NS(=O)(=O)C1CC(=O)N(C2CCNCC2)C1. The minimum atomic E-state index is -3.59. The van der Waals surface area contributed by atoms with E-state index < -0.39 is 15.3 Å². The number of hydrogen-bond donors (Lipinski definition) is 2. The van der Waals surface area contributed by atoms with Crippen LogP contribution in [0.15, 0.2) is 0 Å². The maximum absolute atomic E-state index is 11.7. The highest BCUT2D eigenvalue weighted by atomic mass is 32.2. The molecule has 2 fully saturated rings. The lowest BCUT2D eigenvalue weighted by Gasteiger charge is -2.31. The Morgan fingerprint density at radius 2 is 1.94 bits per heavy atom. The van der Waals surface area contributed by atoms with Gasteiger partial charge in [-0.15, -0.1) is 0 Å². The number of piperidine rings is 1. The Hall–Kier alpha value is -0.660. The number of amides is 1. The molecule has 2 heterocycles. The highest BCUT2D eigenvalue weighted by Crippen LogP contribution is 2.22. The molecule has 7 heteroatoms. The number of nitrogens with one attached hydrogen (secondary N) is 1. The first-order chi connectivity index (χ1) is 7.48. The maximum Gasteiger partial charge on any atom is 0.224 e. The van der Waals surface area contributed by atoms with E-state index in [0.717, 1.165) is 25.9 Å². The van der Waals surface area contributed by atoms with Crippen molar-refractivity contribution in [3.05, 3.63) is 0 Å². The van der Waals surface area contributed by atoms with E-state index in [1.807, 2.05) is 0 Å². The van der Waals surface area contributed by atoms with Crippen LogP contribution in [0.2, 0.25) is 0 Å². The van der Waals surface area contributed by atoms with Crippen molar-refractivity contribution in [2.75, 3.05) is 19.6 Å². The Morgan fingerprint density at radius 3 is 2.44 bits per heavy atom. The molecule has 3 N–H and O–H groups in total. The smallest absolute Gasteiger partial charge is 0.224 e. The largest absolute Gasteiger partial charge is 0.338 e. The molecule has 0 aromatic carbocycles. The highest BCUT2D eigenvalue weighted by molar-refractivity contribution is 7.89. The number of carbonyl (C=O) groups is 1. The summed E-state index contributed by atoms with van der Waals surface area (Å²) < 4.78 is 22.4. The third-order valence-electron chi connectivity index (χ3n) is 3.34. The minimum Gasteiger partial charge on any atom is -0.338 e. The second-order valence-corrected chi connectivity index (χ2v) is 6.29. The summed E-state index contributed by atoms with van der Waals surface area (Å²) in [6, 6.07) is 0.181. The fourth-order valence-corrected chi connectivity index (χ4v) is 3.13. The second kappa shape index (κ2) is 4.31. The van der Waals surface area contributed by atoms with Crippen LogP contribution < -0.4 is 10.5 Å². The highest BCUT2D eigenvalue weighted by Gasteiger charge is 2.39. The zero-order chi connectivity index (χ0) is 11.8. The predicted molar refractivity (Wildman–Crippen MR) is 59.1 cm³/mol. The number of rotatable bonds is 2. The van der Waals surface area contributed by atoms with Gasteiger partial charge in [0, 0.05) is 19.0 Å². The fraction of sp³-hybridized carbons (Fsp3) is 0.889. The first-order valence-corrected chi connectivity index (χ1v) is 7.11. The van der Waals surface area contributed by atoms with Gasteiger partial charge in [0.15, 0.2) is 0 Å². The van der Waals surface area contributed by atoms with E-state index in [1.54, 1.807) is 4.90 Å². The van der Waals surface area contributed by atoms with Crippen molar-refractivity contribution >= 4 is 15.9 Å². The van der Waals surface area contributed by atoms with Gasteiger partial charge in [0.1, 0.15) is 5.25 Å². The minimum absolute atomic E-state index is 0.0444. The van der Waals surface area contributed by atoms with Crippen LogP contribution in [0.3, 0.4) is 0 Å². The summed E-state index contributed by atoms with van der Waals surface area (Å²) in [7, 11) is -3.59. The molecule has 6 nitrogen and oxygen atoms in total. The van der Waals surface area contributed by atoms with Gasteiger partial charge in [-0.05, 0) is 25.9 Å². The van der Waals surface area contributed by atoms with Crippen molar-refractivity contribution in [2.45, 2.75) is 30.6 Å². The zero-order valence-electron chi connectivity index (χ0n) is 9.05. The molecule has 2 aliphatic rings. The van der Waals surface area contributed by atoms with Gasteiger partial charge < -0.3 is 10.2 Å². The van der Waals surface area contributed by atoms with Crippen molar-refractivity contribution in [3.63, 3.8) is 0 Å². The molecule has 92 valence electrons. The molecule has 0 aromatic heterocycles. The molecule has 0 radical (unpaired) electrons. The van der Waals surface area contributed by atoms with E-state index in [2.05, 4.69) is 5.32 Å². The number of hydrogen-bond acceptors (Lipinski definition) is 4. The third kappa shape index (κ3) is 2.36. The van der Waals surface area contributed by atoms with Gasteiger partial charge in [-0.3, -0.25) is 4.79 Å². The molecule has 0 saturated carbocycles. The lowest BCUT2D eigenvalue weighted by Crippen LogP contribution is -2.44. The van der Waals surface area contributed by atoms with Crippen LogP contribution in [-0.2, 0) is 14.8 Å². The van der Waals surface area contributed by atoms with Crippen LogP contribution >= 0.6 is 0 Å². The van der Waals surface area contributed by atoms with E-state index in [4.69, 9.17) is 5.14 Å². The average Bonchev–Trinajstić information content (AvgIpc) is 2.61. The van der Waals surface area contributed by atoms with Gasteiger partial charge in [0.05, 0.1) is 0 Å². The van der Waals surface area contributed by atoms with Gasteiger partial charge >= 0.3 is 0 Å². The van der Waals surface area contributed by atoms with Gasteiger partial charge in [-0.2, -0.15) is 0 Å². The molecule has 0 bridgehead atoms. The number of sulfonamides is 1. The quantitative estimate of drug-likeness (QED) is 0.629. The third-order valence-corrected chi connectivity index (χ3v) is 4.58. The monoisotopic (exact) mass is 247 g/mol. The molecular formula is C9H17N3O3S. The van der Waals surface area contributed by atoms with E-state index in [-0.39, 0.29) is 24.9 Å². The van der Waals surface area contributed by atoms with Gasteiger partial charge in [-0.1, -0.05) is 0 Å².